The molecule has 6 nitrogen and oxygen atoms in total. The highest BCUT2D eigenvalue weighted by atomic mass is 32.1. The molecule has 4 rings (SSSR count). The first-order valence-electron chi connectivity index (χ1n) is 8.16. The van der Waals surface area contributed by atoms with Crippen molar-refractivity contribution in [2.75, 3.05) is 12.4 Å². The molecular weight excluding hydrogens is 332 g/mol. The van der Waals surface area contributed by atoms with Crippen LogP contribution in [0.25, 0.3) is 27.2 Å². The molecule has 0 bridgehead atoms. The third-order valence-corrected chi connectivity index (χ3v) is 4.27. The zero-order chi connectivity index (χ0) is 17.6. The molecule has 1 aromatic carbocycles. The van der Waals surface area contributed by atoms with Crippen molar-refractivity contribution >= 4 is 27.4 Å². The van der Waals surface area contributed by atoms with Gasteiger partial charge in [-0.15, -0.1) is 21.5 Å². The molecule has 0 fully saturated rings. The SMILES string of the molecule is CCC.CNc1ccc(-c2ccc(-n3cccn3)c3ncsc23)nn1. The smallest absolute Gasteiger partial charge is 0.148 e. The largest absolute Gasteiger partial charge is 0.372 e. The first-order chi connectivity index (χ1) is 12.3. The van der Waals surface area contributed by atoms with Gasteiger partial charge in [-0.1, -0.05) is 20.3 Å². The Morgan fingerprint density at radius 2 is 1.96 bits per heavy atom. The summed E-state index contributed by atoms with van der Waals surface area (Å²) in [6, 6.07) is 9.82. The molecule has 0 saturated carbocycles. The van der Waals surface area contributed by atoms with E-state index in [1.54, 1.807) is 17.5 Å². The standard InChI is InChI=1S/C15H12N6S.C3H8/c1-16-13-6-4-11(19-20-13)10-3-5-12(21-8-2-7-18-21)14-15(10)22-9-17-14;1-3-2/h2-9H,1H3,(H,16,20);3H2,1-2H3. The highest BCUT2D eigenvalue weighted by Crippen LogP contribution is 2.33. The molecule has 1 N–H and O–H groups in total. The normalized spacial score (nSPS) is 10.4. The van der Waals surface area contributed by atoms with Gasteiger partial charge < -0.3 is 5.32 Å². The predicted molar refractivity (Wildman–Crippen MR) is 103 cm³/mol. The van der Waals surface area contributed by atoms with Crippen LogP contribution in [0.4, 0.5) is 5.82 Å². The van der Waals surface area contributed by atoms with Crippen molar-refractivity contribution in [3.63, 3.8) is 0 Å². The highest BCUT2D eigenvalue weighted by Gasteiger charge is 2.13. The summed E-state index contributed by atoms with van der Waals surface area (Å²) in [5.41, 5.74) is 5.59. The maximum Gasteiger partial charge on any atom is 0.148 e. The van der Waals surface area contributed by atoms with E-state index in [-0.39, 0.29) is 0 Å². The van der Waals surface area contributed by atoms with Crippen LogP contribution in [-0.4, -0.2) is 32.0 Å². The number of benzene rings is 1. The van der Waals surface area contributed by atoms with Gasteiger partial charge in [0.2, 0.25) is 0 Å². The molecule has 0 spiro atoms. The first-order valence-corrected chi connectivity index (χ1v) is 9.04. The number of rotatable bonds is 3. The van der Waals surface area contributed by atoms with E-state index in [1.807, 2.05) is 53.8 Å². The van der Waals surface area contributed by atoms with Gasteiger partial charge in [-0.25, -0.2) is 9.67 Å². The second-order valence-electron chi connectivity index (χ2n) is 5.37. The predicted octanol–water partition coefficient (Wildman–Crippen LogP) is 4.40. The Balaban J connectivity index is 0.000000569. The Bertz CT molecular complexity index is 928. The second-order valence-corrected chi connectivity index (χ2v) is 6.23. The number of hydrogen-bond donors (Lipinski definition) is 1. The van der Waals surface area contributed by atoms with Gasteiger partial charge in [0.15, 0.2) is 0 Å². The highest BCUT2D eigenvalue weighted by molar-refractivity contribution is 7.17. The van der Waals surface area contributed by atoms with Crippen molar-refractivity contribution in [2.45, 2.75) is 20.3 Å². The third-order valence-electron chi connectivity index (χ3n) is 3.41. The van der Waals surface area contributed by atoms with Crippen LogP contribution >= 0.6 is 11.3 Å². The Morgan fingerprint density at radius 1 is 1.12 bits per heavy atom. The van der Waals surface area contributed by atoms with Crippen LogP contribution in [0.1, 0.15) is 20.3 Å². The van der Waals surface area contributed by atoms with E-state index in [1.165, 1.54) is 6.42 Å². The molecule has 128 valence electrons. The molecule has 0 atom stereocenters. The van der Waals surface area contributed by atoms with Crippen LogP contribution in [0.15, 0.2) is 48.2 Å². The van der Waals surface area contributed by atoms with Crippen LogP contribution in [-0.2, 0) is 0 Å². The number of hydrogen-bond acceptors (Lipinski definition) is 6. The minimum absolute atomic E-state index is 0.748. The molecule has 3 heterocycles. The van der Waals surface area contributed by atoms with E-state index < -0.39 is 0 Å². The summed E-state index contributed by atoms with van der Waals surface area (Å²) in [5.74, 6) is 0.748. The van der Waals surface area contributed by atoms with Crippen molar-refractivity contribution in [1.29, 1.82) is 0 Å². The van der Waals surface area contributed by atoms with Crippen molar-refractivity contribution in [3.8, 4) is 16.9 Å². The second kappa shape index (κ2) is 7.85. The lowest BCUT2D eigenvalue weighted by molar-refractivity contribution is 0.885. The Labute approximate surface area is 150 Å². The lowest BCUT2D eigenvalue weighted by Gasteiger charge is -2.07. The van der Waals surface area contributed by atoms with Gasteiger partial charge in [-0.2, -0.15) is 5.10 Å². The van der Waals surface area contributed by atoms with Gasteiger partial charge in [0.05, 0.1) is 21.6 Å². The van der Waals surface area contributed by atoms with Crippen LogP contribution in [0.5, 0.6) is 0 Å². The Morgan fingerprint density at radius 3 is 2.60 bits per heavy atom. The third kappa shape index (κ3) is 3.51. The van der Waals surface area contributed by atoms with E-state index in [2.05, 4.69) is 39.4 Å². The molecule has 0 aliphatic carbocycles. The Hall–Kier alpha value is -2.80. The number of nitrogens with one attached hydrogen (secondary N) is 1. The maximum atomic E-state index is 4.49. The van der Waals surface area contributed by atoms with Crippen LogP contribution < -0.4 is 5.32 Å². The van der Waals surface area contributed by atoms with E-state index in [0.29, 0.717) is 0 Å². The fraction of sp³-hybridized carbons (Fsp3) is 0.222. The summed E-state index contributed by atoms with van der Waals surface area (Å²) in [7, 11) is 1.82. The average molecular weight is 352 g/mol. The number of anilines is 1. The van der Waals surface area contributed by atoms with E-state index in [4.69, 9.17) is 0 Å². The van der Waals surface area contributed by atoms with Crippen molar-refractivity contribution < 1.29 is 0 Å². The average Bonchev–Trinajstić information content (AvgIpc) is 3.33. The summed E-state index contributed by atoms with van der Waals surface area (Å²) in [5, 5.41) is 15.7. The molecule has 7 heteroatoms. The monoisotopic (exact) mass is 352 g/mol. The first kappa shape index (κ1) is 17.0. The van der Waals surface area contributed by atoms with Gasteiger partial charge in [0, 0.05) is 25.0 Å². The maximum absolute atomic E-state index is 4.49. The lowest BCUT2D eigenvalue weighted by Crippen LogP contribution is -1.97. The molecule has 3 aromatic heterocycles. The zero-order valence-electron chi connectivity index (χ0n) is 14.5. The fourth-order valence-corrected chi connectivity index (χ4v) is 3.18. The van der Waals surface area contributed by atoms with Crippen LogP contribution in [0.3, 0.4) is 0 Å². The van der Waals surface area contributed by atoms with Gasteiger partial charge in [0.25, 0.3) is 0 Å². The van der Waals surface area contributed by atoms with Crippen LogP contribution in [0.2, 0.25) is 0 Å². The summed E-state index contributed by atoms with van der Waals surface area (Å²) in [6.07, 6.45) is 4.92. The molecule has 0 amide bonds. The summed E-state index contributed by atoms with van der Waals surface area (Å²) in [4.78, 5) is 4.49. The number of aromatic nitrogens is 5. The van der Waals surface area contributed by atoms with Gasteiger partial charge >= 0.3 is 0 Å². The van der Waals surface area contributed by atoms with Crippen molar-refractivity contribution in [1.82, 2.24) is 25.0 Å². The minimum Gasteiger partial charge on any atom is -0.372 e. The molecule has 25 heavy (non-hydrogen) atoms. The van der Waals surface area contributed by atoms with Gasteiger partial charge in [-0.05, 0) is 30.3 Å². The van der Waals surface area contributed by atoms with Gasteiger partial charge in [0.1, 0.15) is 11.3 Å². The topological polar surface area (TPSA) is 68.5 Å². The fourth-order valence-electron chi connectivity index (χ4n) is 2.34. The molecule has 4 aromatic rings. The lowest BCUT2D eigenvalue weighted by atomic mass is 10.1. The summed E-state index contributed by atoms with van der Waals surface area (Å²) >= 11 is 1.59. The molecule has 0 saturated heterocycles. The molecule has 0 aliphatic heterocycles. The zero-order valence-corrected chi connectivity index (χ0v) is 15.3. The number of nitrogens with zero attached hydrogens (tertiary/aromatic N) is 5. The Kier molecular flexibility index (Phi) is 5.35. The minimum atomic E-state index is 0.748. The van der Waals surface area contributed by atoms with E-state index in [0.717, 1.165) is 33.0 Å². The number of fused-ring (bicyclic) bond motifs is 1. The van der Waals surface area contributed by atoms with E-state index in [9.17, 15) is 0 Å². The molecule has 0 radical (unpaired) electrons. The molecule has 0 unspecified atom stereocenters. The number of thiazole rings is 1. The summed E-state index contributed by atoms with van der Waals surface area (Å²) in [6.45, 7) is 4.25. The molecular formula is C18H20N6S. The van der Waals surface area contributed by atoms with E-state index >= 15 is 0 Å². The van der Waals surface area contributed by atoms with Crippen LogP contribution in [0, 0.1) is 0 Å². The van der Waals surface area contributed by atoms with Gasteiger partial charge in [-0.3, -0.25) is 0 Å². The quantitative estimate of drug-likeness (QED) is 0.592. The van der Waals surface area contributed by atoms with Crippen molar-refractivity contribution in [2.24, 2.45) is 0 Å². The molecule has 0 aliphatic rings. The summed E-state index contributed by atoms with van der Waals surface area (Å²) < 4.78 is 2.90. The van der Waals surface area contributed by atoms with Crippen molar-refractivity contribution in [3.05, 3.63) is 48.2 Å².